The van der Waals surface area contributed by atoms with Crippen molar-refractivity contribution in [1.82, 2.24) is 5.43 Å². The fourth-order valence-corrected chi connectivity index (χ4v) is 2.97. The Labute approximate surface area is 188 Å². The molecule has 0 saturated heterocycles. The Balaban J connectivity index is 1.50. The Morgan fingerprint density at radius 1 is 1.03 bits per heavy atom. The highest BCUT2D eigenvalue weighted by atomic mass is 79.9. The van der Waals surface area contributed by atoms with E-state index in [-0.39, 0.29) is 0 Å². The van der Waals surface area contributed by atoms with Gasteiger partial charge in [-0.1, -0.05) is 22.0 Å². The molecule has 0 aliphatic carbocycles. The SMILES string of the molecule is COc1ccc(NC(=S)N/N=C/c2ccc(OC(=O)c3cccc(Br)c3)cc2)cc1. The van der Waals surface area contributed by atoms with Crippen LogP contribution in [0.2, 0.25) is 0 Å². The number of hydrogen-bond acceptors (Lipinski definition) is 5. The quantitative estimate of drug-likeness (QED) is 0.169. The zero-order valence-corrected chi connectivity index (χ0v) is 18.4. The summed E-state index contributed by atoms with van der Waals surface area (Å²) in [4.78, 5) is 12.2. The molecule has 3 rings (SSSR count). The van der Waals surface area contributed by atoms with Crippen molar-refractivity contribution in [1.29, 1.82) is 0 Å². The van der Waals surface area contributed by atoms with E-state index in [0.29, 0.717) is 16.4 Å². The molecule has 0 heterocycles. The molecule has 8 heteroatoms. The molecule has 30 heavy (non-hydrogen) atoms. The summed E-state index contributed by atoms with van der Waals surface area (Å²) in [5.41, 5.74) is 4.86. The molecular formula is C22H18BrN3O3S. The molecule has 3 aromatic rings. The fourth-order valence-electron chi connectivity index (χ4n) is 2.40. The van der Waals surface area contributed by atoms with E-state index in [0.717, 1.165) is 21.5 Å². The van der Waals surface area contributed by atoms with Crippen molar-refractivity contribution in [2.75, 3.05) is 12.4 Å². The molecule has 0 aliphatic rings. The lowest BCUT2D eigenvalue weighted by molar-refractivity contribution is 0.0734. The van der Waals surface area contributed by atoms with Crippen LogP contribution >= 0.6 is 28.1 Å². The van der Waals surface area contributed by atoms with Crippen molar-refractivity contribution < 1.29 is 14.3 Å². The van der Waals surface area contributed by atoms with Gasteiger partial charge in [-0.05, 0) is 84.5 Å². The highest BCUT2D eigenvalue weighted by Gasteiger charge is 2.08. The third kappa shape index (κ3) is 6.40. The van der Waals surface area contributed by atoms with Crippen molar-refractivity contribution in [3.8, 4) is 11.5 Å². The number of benzene rings is 3. The van der Waals surface area contributed by atoms with E-state index in [9.17, 15) is 4.79 Å². The third-order valence-electron chi connectivity index (χ3n) is 3.88. The first-order valence-electron chi connectivity index (χ1n) is 8.85. The lowest BCUT2D eigenvalue weighted by Gasteiger charge is -2.07. The van der Waals surface area contributed by atoms with Gasteiger partial charge in [0.15, 0.2) is 5.11 Å². The number of nitrogens with one attached hydrogen (secondary N) is 2. The van der Waals surface area contributed by atoms with E-state index in [1.165, 1.54) is 0 Å². The molecule has 0 spiro atoms. The first kappa shape index (κ1) is 21.5. The number of esters is 1. The van der Waals surface area contributed by atoms with Gasteiger partial charge in [-0.2, -0.15) is 5.10 Å². The van der Waals surface area contributed by atoms with Crippen molar-refractivity contribution >= 4 is 51.1 Å². The summed E-state index contributed by atoms with van der Waals surface area (Å²) >= 11 is 8.55. The molecule has 0 radical (unpaired) electrons. The molecule has 0 bridgehead atoms. The molecule has 0 amide bonds. The highest BCUT2D eigenvalue weighted by molar-refractivity contribution is 9.10. The van der Waals surface area contributed by atoms with E-state index in [1.807, 2.05) is 30.3 Å². The molecule has 152 valence electrons. The lowest BCUT2D eigenvalue weighted by Crippen LogP contribution is -2.23. The number of halogens is 1. The zero-order valence-electron chi connectivity index (χ0n) is 16.0. The summed E-state index contributed by atoms with van der Waals surface area (Å²) < 4.78 is 11.3. The molecule has 3 aromatic carbocycles. The van der Waals surface area contributed by atoms with E-state index in [2.05, 4.69) is 31.8 Å². The van der Waals surface area contributed by atoms with Crippen LogP contribution in [0.4, 0.5) is 5.69 Å². The number of anilines is 1. The molecule has 0 fully saturated rings. The number of hydrogen-bond donors (Lipinski definition) is 2. The first-order valence-corrected chi connectivity index (χ1v) is 10.1. The monoisotopic (exact) mass is 483 g/mol. The average Bonchev–Trinajstić information content (AvgIpc) is 2.75. The van der Waals surface area contributed by atoms with Crippen LogP contribution in [0.3, 0.4) is 0 Å². The number of thiocarbonyl (C=S) groups is 1. The Morgan fingerprint density at radius 2 is 1.73 bits per heavy atom. The van der Waals surface area contributed by atoms with Crippen LogP contribution in [0.5, 0.6) is 11.5 Å². The van der Waals surface area contributed by atoms with Crippen LogP contribution in [0.25, 0.3) is 0 Å². The second kappa shape index (κ2) is 10.5. The second-order valence-electron chi connectivity index (χ2n) is 6.02. The number of hydrazone groups is 1. The van der Waals surface area contributed by atoms with Gasteiger partial charge in [-0.3, -0.25) is 5.43 Å². The minimum absolute atomic E-state index is 0.357. The van der Waals surface area contributed by atoms with Gasteiger partial charge in [0.2, 0.25) is 0 Å². The number of rotatable bonds is 6. The number of methoxy groups -OCH3 is 1. The Hall–Kier alpha value is -3.23. The van der Waals surface area contributed by atoms with Gasteiger partial charge < -0.3 is 14.8 Å². The third-order valence-corrected chi connectivity index (χ3v) is 4.57. The topological polar surface area (TPSA) is 71.9 Å². The molecular weight excluding hydrogens is 466 g/mol. The van der Waals surface area contributed by atoms with Crippen LogP contribution in [-0.4, -0.2) is 24.4 Å². The predicted octanol–water partition coefficient (Wildman–Crippen LogP) is 5.00. The predicted molar refractivity (Wildman–Crippen MR) is 125 cm³/mol. The molecule has 6 nitrogen and oxygen atoms in total. The molecule has 0 aliphatic heterocycles. The van der Waals surface area contributed by atoms with Gasteiger partial charge in [-0.25, -0.2) is 4.79 Å². The minimum Gasteiger partial charge on any atom is -0.497 e. The smallest absolute Gasteiger partial charge is 0.343 e. The van der Waals surface area contributed by atoms with Crippen molar-refractivity contribution in [3.05, 3.63) is 88.4 Å². The lowest BCUT2D eigenvalue weighted by atomic mass is 10.2. The maximum atomic E-state index is 12.2. The maximum Gasteiger partial charge on any atom is 0.343 e. The van der Waals surface area contributed by atoms with Crippen molar-refractivity contribution in [2.24, 2.45) is 5.10 Å². The summed E-state index contributed by atoms with van der Waals surface area (Å²) in [5, 5.41) is 7.48. The van der Waals surface area contributed by atoms with E-state index >= 15 is 0 Å². The van der Waals surface area contributed by atoms with Crippen LogP contribution in [-0.2, 0) is 0 Å². The molecule has 0 atom stereocenters. The van der Waals surface area contributed by atoms with Gasteiger partial charge in [0.25, 0.3) is 0 Å². The number of ether oxygens (including phenoxy) is 2. The average molecular weight is 484 g/mol. The second-order valence-corrected chi connectivity index (χ2v) is 7.35. The van der Waals surface area contributed by atoms with Crippen molar-refractivity contribution in [3.63, 3.8) is 0 Å². The van der Waals surface area contributed by atoms with Gasteiger partial charge >= 0.3 is 5.97 Å². The first-order chi connectivity index (χ1) is 14.5. The van der Waals surface area contributed by atoms with Crippen LogP contribution in [0.1, 0.15) is 15.9 Å². The molecule has 0 saturated carbocycles. The fraction of sp³-hybridized carbons (Fsp3) is 0.0455. The summed E-state index contributed by atoms with van der Waals surface area (Å²) in [7, 11) is 1.61. The van der Waals surface area contributed by atoms with Gasteiger partial charge in [0.1, 0.15) is 11.5 Å². The van der Waals surface area contributed by atoms with E-state index in [4.69, 9.17) is 21.7 Å². The van der Waals surface area contributed by atoms with Gasteiger partial charge in [0.05, 0.1) is 18.9 Å². The largest absolute Gasteiger partial charge is 0.497 e. The Bertz CT molecular complexity index is 1050. The Kier molecular flexibility index (Phi) is 7.53. The zero-order chi connectivity index (χ0) is 21.3. The van der Waals surface area contributed by atoms with Crippen LogP contribution in [0, 0.1) is 0 Å². The van der Waals surface area contributed by atoms with Crippen LogP contribution < -0.4 is 20.2 Å². The summed E-state index contributed by atoms with van der Waals surface area (Å²) in [6.07, 6.45) is 1.61. The Morgan fingerprint density at radius 3 is 2.40 bits per heavy atom. The van der Waals surface area contributed by atoms with Crippen molar-refractivity contribution in [2.45, 2.75) is 0 Å². The standard InChI is InChI=1S/C22H18BrN3O3S/c1-28-19-11-7-18(8-12-19)25-22(30)26-24-14-15-5-9-20(10-6-15)29-21(27)16-3-2-4-17(23)13-16/h2-14H,1H3,(H2,25,26,30)/b24-14+. The van der Waals surface area contributed by atoms with Crippen LogP contribution in [0.15, 0.2) is 82.4 Å². The van der Waals surface area contributed by atoms with Gasteiger partial charge in [0, 0.05) is 10.2 Å². The van der Waals surface area contributed by atoms with Gasteiger partial charge in [-0.15, -0.1) is 0 Å². The number of carbonyl (C=O) groups excluding carboxylic acids is 1. The number of carbonyl (C=O) groups is 1. The normalized spacial score (nSPS) is 10.5. The maximum absolute atomic E-state index is 12.2. The molecule has 0 aromatic heterocycles. The highest BCUT2D eigenvalue weighted by Crippen LogP contribution is 2.17. The number of nitrogens with zero attached hydrogens (tertiary/aromatic N) is 1. The summed E-state index contributed by atoms with van der Waals surface area (Å²) in [6, 6.07) is 21.4. The van der Waals surface area contributed by atoms with E-state index in [1.54, 1.807) is 55.8 Å². The molecule has 0 unspecified atom stereocenters. The summed E-state index contributed by atoms with van der Waals surface area (Å²) in [5.74, 6) is 0.791. The minimum atomic E-state index is -0.422. The molecule has 2 N–H and O–H groups in total. The summed E-state index contributed by atoms with van der Waals surface area (Å²) in [6.45, 7) is 0. The van der Waals surface area contributed by atoms with E-state index < -0.39 is 5.97 Å².